The maximum Gasteiger partial charge on any atom is 0.371 e. The van der Waals surface area contributed by atoms with Gasteiger partial charge in [-0.05, 0) is 53.2 Å². The second-order valence-electron chi connectivity index (χ2n) is 6.89. The van der Waals surface area contributed by atoms with Gasteiger partial charge in [-0.25, -0.2) is 4.79 Å². The summed E-state index contributed by atoms with van der Waals surface area (Å²) in [5, 5.41) is 11.5. The van der Waals surface area contributed by atoms with Crippen LogP contribution in [0.4, 0.5) is 0 Å². The van der Waals surface area contributed by atoms with E-state index in [1.807, 2.05) is 0 Å². The molecule has 0 bridgehead atoms. The Hall–Kier alpha value is -2.31. The van der Waals surface area contributed by atoms with E-state index < -0.39 is 23.0 Å². The number of carbonyl (C=O) groups excluding carboxylic acids is 2. The Morgan fingerprint density at radius 2 is 1.70 bits per heavy atom. The molecule has 7 nitrogen and oxygen atoms in total. The zero-order chi connectivity index (χ0) is 17.8. The minimum absolute atomic E-state index is 0.0901. The molecule has 0 unspecified atom stereocenters. The van der Waals surface area contributed by atoms with Gasteiger partial charge in [-0.3, -0.25) is 9.59 Å². The molecule has 0 aliphatic rings. The van der Waals surface area contributed by atoms with E-state index in [-0.39, 0.29) is 23.9 Å². The second kappa shape index (κ2) is 6.85. The van der Waals surface area contributed by atoms with Crippen molar-refractivity contribution in [3.05, 3.63) is 23.7 Å². The molecule has 0 aliphatic heterocycles. The predicted molar refractivity (Wildman–Crippen MR) is 82.3 cm³/mol. The van der Waals surface area contributed by atoms with E-state index in [0.29, 0.717) is 6.42 Å². The highest BCUT2D eigenvalue weighted by Crippen LogP contribution is 2.16. The van der Waals surface area contributed by atoms with Crippen molar-refractivity contribution < 1.29 is 28.6 Å². The summed E-state index contributed by atoms with van der Waals surface area (Å²) in [5.74, 6) is -2.51. The summed E-state index contributed by atoms with van der Waals surface area (Å²) >= 11 is 0. The first-order valence-electron chi connectivity index (χ1n) is 7.27. The molecule has 0 radical (unpaired) electrons. The summed E-state index contributed by atoms with van der Waals surface area (Å²) < 4.78 is 10.2. The zero-order valence-electron chi connectivity index (χ0n) is 14.1. The Morgan fingerprint density at radius 1 is 1.13 bits per heavy atom. The van der Waals surface area contributed by atoms with Gasteiger partial charge >= 0.3 is 11.9 Å². The monoisotopic (exact) mass is 325 g/mol. The van der Waals surface area contributed by atoms with Gasteiger partial charge in [0.1, 0.15) is 5.60 Å². The van der Waals surface area contributed by atoms with Crippen LogP contribution in [0.5, 0.6) is 0 Å². The summed E-state index contributed by atoms with van der Waals surface area (Å²) in [4.78, 5) is 34.5. The summed E-state index contributed by atoms with van der Waals surface area (Å²) in [6.45, 7) is 8.88. The molecule has 1 aromatic heterocycles. The molecular formula is C16H23NO6. The molecule has 23 heavy (non-hydrogen) atoms. The lowest BCUT2D eigenvalue weighted by molar-refractivity contribution is -0.155. The molecule has 1 amide bonds. The summed E-state index contributed by atoms with van der Waals surface area (Å²) in [6, 6.07) is 2.51. The zero-order valence-corrected chi connectivity index (χ0v) is 14.1. The van der Waals surface area contributed by atoms with E-state index in [2.05, 4.69) is 5.32 Å². The number of hydrogen-bond acceptors (Lipinski definition) is 5. The fourth-order valence-corrected chi connectivity index (χ4v) is 1.81. The summed E-state index contributed by atoms with van der Waals surface area (Å²) in [7, 11) is 0. The van der Waals surface area contributed by atoms with Crippen LogP contribution >= 0.6 is 0 Å². The van der Waals surface area contributed by atoms with E-state index in [1.54, 1.807) is 34.6 Å². The first-order valence-corrected chi connectivity index (χ1v) is 7.27. The van der Waals surface area contributed by atoms with Gasteiger partial charge in [-0.1, -0.05) is 0 Å². The normalized spacial score (nSPS) is 11.9. The van der Waals surface area contributed by atoms with Crippen molar-refractivity contribution in [2.45, 2.75) is 58.6 Å². The van der Waals surface area contributed by atoms with Crippen molar-refractivity contribution in [1.82, 2.24) is 5.32 Å². The van der Waals surface area contributed by atoms with Crippen molar-refractivity contribution in [2.75, 3.05) is 0 Å². The number of ether oxygens (including phenoxy) is 1. The van der Waals surface area contributed by atoms with E-state index in [4.69, 9.17) is 14.3 Å². The highest BCUT2D eigenvalue weighted by Gasteiger charge is 2.26. The van der Waals surface area contributed by atoms with E-state index >= 15 is 0 Å². The number of nitrogens with one attached hydrogen (secondary N) is 1. The van der Waals surface area contributed by atoms with E-state index in [1.165, 1.54) is 12.1 Å². The highest BCUT2D eigenvalue weighted by molar-refractivity contribution is 5.93. The lowest BCUT2D eigenvalue weighted by Crippen LogP contribution is -2.43. The maximum absolute atomic E-state index is 12.1. The molecule has 0 spiro atoms. The largest absolute Gasteiger partial charge is 0.475 e. The molecule has 0 atom stereocenters. The fourth-order valence-electron chi connectivity index (χ4n) is 1.81. The molecule has 2 N–H and O–H groups in total. The van der Waals surface area contributed by atoms with Crippen LogP contribution in [0.15, 0.2) is 16.5 Å². The van der Waals surface area contributed by atoms with E-state index in [9.17, 15) is 14.4 Å². The number of amides is 1. The molecule has 128 valence electrons. The number of hydrogen-bond donors (Lipinski definition) is 2. The lowest BCUT2D eigenvalue weighted by Gasteiger charge is -2.26. The van der Waals surface area contributed by atoms with Crippen LogP contribution in [0.1, 0.15) is 68.6 Å². The number of rotatable bonds is 6. The Labute approximate surface area is 135 Å². The maximum atomic E-state index is 12.1. The quantitative estimate of drug-likeness (QED) is 0.779. The van der Waals surface area contributed by atoms with Gasteiger partial charge in [0.2, 0.25) is 5.76 Å². The molecule has 0 aromatic carbocycles. The molecule has 0 saturated carbocycles. The third-order valence-electron chi connectivity index (χ3n) is 2.87. The number of carboxylic acids is 1. The standard InChI is InChI=1S/C16H23NO6/c1-15(2,3)23-12(18)8-9-16(4,5)17-13(19)10-6-7-11(22-10)14(20)21/h6-7H,8-9H2,1-5H3,(H,17,19)(H,20,21). The first kappa shape index (κ1) is 18.7. The van der Waals surface area contributed by atoms with Crippen LogP contribution < -0.4 is 5.32 Å². The molecule has 1 heterocycles. The van der Waals surface area contributed by atoms with Crippen molar-refractivity contribution in [3.63, 3.8) is 0 Å². The van der Waals surface area contributed by atoms with Crippen LogP contribution in [0.3, 0.4) is 0 Å². The number of esters is 1. The van der Waals surface area contributed by atoms with Gasteiger partial charge < -0.3 is 19.6 Å². The van der Waals surface area contributed by atoms with E-state index in [0.717, 1.165) is 0 Å². The fraction of sp³-hybridized carbons (Fsp3) is 0.562. The first-order chi connectivity index (χ1) is 10.4. The van der Waals surface area contributed by atoms with Crippen LogP contribution in [0.2, 0.25) is 0 Å². The molecular weight excluding hydrogens is 302 g/mol. The van der Waals surface area contributed by atoms with Crippen LogP contribution in [-0.4, -0.2) is 34.1 Å². The van der Waals surface area contributed by atoms with Crippen molar-refractivity contribution in [1.29, 1.82) is 0 Å². The molecule has 1 aromatic rings. The number of aromatic carboxylic acids is 1. The van der Waals surface area contributed by atoms with Crippen LogP contribution in [0, 0.1) is 0 Å². The van der Waals surface area contributed by atoms with Gasteiger partial charge in [0.25, 0.3) is 5.91 Å². The summed E-state index contributed by atoms with van der Waals surface area (Å²) in [5.41, 5.74) is -1.23. The smallest absolute Gasteiger partial charge is 0.371 e. The minimum atomic E-state index is -1.24. The lowest BCUT2D eigenvalue weighted by atomic mass is 9.98. The average Bonchev–Trinajstić information content (AvgIpc) is 2.83. The Morgan fingerprint density at radius 3 is 2.17 bits per heavy atom. The summed E-state index contributed by atoms with van der Waals surface area (Å²) in [6.07, 6.45) is 0.531. The molecule has 7 heteroatoms. The van der Waals surface area contributed by atoms with Gasteiger partial charge in [-0.15, -0.1) is 0 Å². The van der Waals surface area contributed by atoms with Crippen molar-refractivity contribution in [2.24, 2.45) is 0 Å². The minimum Gasteiger partial charge on any atom is -0.475 e. The molecule has 0 aliphatic carbocycles. The third kappa shape index (κ3) is 6.54. The molecule has 0 fully saturated rings. The topological polar surface area (TPSA) is 106 Å². The number of carbonyl (C=O) groups is 3. The molecule has 1 rings (SSSR count). The average molecular weight is 325 g/mol. The second-order valence-corrected chi connectivity index (χ2v) is 6.89. The number of carboxylic acid groups (broad SMARTS) is 1. The Bertz CT molecular complexity index is 594. The van der Waals surface area contributed by atoms with Gasteiger partial charge in [0.05, 0.1) is 0 Å². The van der Waals surface area contributed by atoms with Gasteiger partial charge in [0, 0.05) is 12.0 Å². The van der Waals surface area contributed by atoms with Gasteiger partial charge in [0.15, 0.2) is 5.76 Å². The van der Waals surface area contributed by atoms with Crippen molar-refractivity contribution in [3.8, 4) is 0 Å². The van der Waals surface area contributed by atoms with Crippen LogP contribution in [0.25, 0.3) is 0 Å². The Balaban J connectivity index is 2.58. The number of furan rings is 1. The SMILES string of the molecule is CC(C)(CCC(=O)OC(C)(C)C)NC(=O)c1ccc(C(=O)O)o1. The molecule has 0 saturated heterocycles. The highest BCUT2D eigenvalue weighted by atomic mass is 16.6. The third-order valence-corrected chi connectivity index (χ3v) is 2.87. The van der Waals surface area contributed by atoms with Gasteiger partial charge in [-0.2, -0.15) is 0 Å². The Kier molecular flexibility index (Phi) is 5.58. The van der Waals surface area contributed by atoms with Crippen molar-refractivity contribution >= 4 is 17.8 Å². The predicted octanol–water partition coefficient (Wildman–Crippen LogP) is 2.61. The van der Waals surface area contributed by atoms with Crippen LogP contribution in [-0.2, 0) is 9.53 Å².